The average Bonchev–Trinajstić information content (AvgIpc) is 2.59. The van der Waals surface area contributed by atoms with Crippen LogP contribution in [0, 0.1) is 18.7 Å². The summed E-state index contributed by atoms with van der Waals surface area (Å²) in [5, 5.41) is 12.2. The van der Waals surface area contributed by atoms with Crippen LogP contribution in [0.1, 0.15) is 11.1 Å². The van der Waals surface area contributed by atoms with Crippen molar-refractivity contribution >= 4 is 5.91 Å². The summed E-state index contributed by atoms with van der Waals surface area (Å²) in [5.74, 6) is -0.247. The maximum Gasteiger partial charge on any atom is 0.257 e. The van der Waals surface area contributed by atoms with Gasteiger partial charge in [0.15, 0.2) is 6.61 Å². The number of hydrogen-bond acceptors (Lipinski definition) is 3. The first-order valence-corrected chi connectivity index (χ1v) is 7.88. The predicted molar refractivity (Wildman–Crippen MR) is 90.4 cm³/mol. The van der Waals surface area contributed by atoms with Crippen molar-refractivity contribution < 1.29 is 19.0 Å². The SMILES string of the molecule is Cc1ccc(C[C@H](CO)CNC(=O)COc2ccc(F)cc2)cc1. The molecule has 24 heavy (non-hydrogen) atoms. The minimum absolute atomic E-state index is 0.00697. The van der Waals surface area contributed by atoms with E-state index in [4.69, 9.17) is 4.74 Å². The normalized spacial score (nSPS) is 11.8. The molecule has 1 amide bonds. The summed E-state index contributed by atoms with van der Waals surface area (Å²) < 4.78 is 18.1. The van der Waals surface area contributed by atoms with Gasteiger partial charge in [-0.25, -0.2) is 4.39 Å². The second-order valence-corrected chi connectivity index (χ2v) is 5.78. The molecular formula is C19H22FNO3. The van der Waals surface area contributed by atoms with Crippen molar-refractivity contribution in [3.05, 3.63) is 65.5 Å². The third-order valence-electron chi connectivity index (χ3n) is 3.67. The van der Waals surface area contributed by atoms with Crippen LogP contribution in [0.15, 0.2) is 48.5 Å². The number of halogens is 1. The van der Waals surface area contributed by atoms with E-state index in [1.807, 2.05) is 31.2 Å². The van der Waals surface area contributed by atoms with E-state index in [1.165, 1.54) is 29.8 Å². The van der Waals surface area contributed by atoms with Crippen LogP contribution < -0.4 is 10.1 Å². The van der Waals surface area contributed by atoms with Crippen molar-refractivity contribution in [3.8, 4) is 5.75 Å². The Morgan fingerprint density at radius 3 is 2.46 bits per heavy atom. The Hall–Kier alpha value is -2.40. The Bertz CT molecular complexity index is 641. The van der Waals surface area contributed by atoms with Gasteiger partial charge >= 0.3 is 0 Å². The molecule has 0 heterocycles. The van der Waals surface area contributed by atoms with Gasteiger partial charge in [0.1, 0.15) is 11.6 Å². The van der Waals surface area contributed by atoms with Gasteiger partial charge in [0, 0.05) is 19.1 Å². The van der Waals surface area contributed by atoms with Crippen molar-refractivity contribution in [1.29, 1.82) is 0 Å². The number of rotatable bonds is 8. The van der Waals surface area contributed by atoms with Gasteiger partial charge in [-0.15, -0.1) is 0 Å². The Balaban J connectivity index is 1.74. The summed E-state index contributed by atoms with van der Waals surface area (Å²) in [4.78, 5) is 11.8. The summed E-state index contributed by atoms with van der Waals surface area (Å²) in [5.41, 5.74) is 2.31. The molecule has 0 unspecified atom stereocenters. The molecule has 0 spiro atoms. The highest BCUT2D eigenvalue weighted by Gasteiger charge is 2.11. The quantitative estimate of drug-likeness (QED) is 0.781. The first kappa shape index (κ1) is 17.9. The van der Waals surface area contributed by atoms with Crippen LogP contribution >= 0.6 is 0 Å². The molecule has 0 aliphatic rings. The summed E-state index contributed by atoms with van der Waals surface area (Å²) in [6.07, 6.45) is 0.690. The molecule has 128 valence electrons. The average molecular weight is 331 g/mol. The van der Waals surface area contributed by atoms with Gasteiger partial charge in [-0.05, 0) is 43.2 Å². The van der Waals surface area contributed by atoms with Crippen LogP contribution in [0.2, 0.25) is 0 Å². The van der Waals surface area contributed by atoms with Crippen LogP contribution in [0.5, 0.6) is 5.75 Å². The number of aliphatic hydroxyl groups excluding tert-OH is 1. The van der Waals surface area contributed by atoms with Crippen molar-refractivity contribution in [2.24, 2.45) is 5.92 Å². The second-order valence-electron chi connectivity index (χ2n) is 5.78. The van der Waals surface area contributed by atoms with Crippen LogP contribution in [0.4, 0.5) is 4.39 Å². The molecule has 0 aromatic heterocycles. The molecule has 0 aliphatic carbocycles. The van der Waals surface area contributed by atoms with E-state index in [9.17, 15) is 14.3 Å². The number of aliphatic hydroxyl groups is 1. The molecule has 0 saturated heterocycles. The number of carbonyl (C=O) groups is 1. The maximum absolute atomic E-state index is 12.8. The van der Waals surface area contributed by atoms with Gasteiger partial charge in [-0.1, -0.05) is 29.8 Å². The molecule has 5 heteroatoms. The first-order chi connectivity index (χ1) is 11.6. The number of ether oxygens (including phenoxy) is 1. The lowest BCUT2D eigenvalue weighted by molar-refractivity contribution is -0.123. The molecule has 2 N–H and O–H groups in total. The molecule has 1 atom stereocenters. The largest absolute Gasteiger partial charge is 0.484 e. The Morgan fingerprint density at radius 2 is 1.83 bits per heavy atom. The van der Waals surface area contributed by atoms with E-state index in [0.717, 1.165) is 5.56 Å². The second kappa shape index (κ2) is 9.03. The van der Waals surface area contributed by atoms with E-state index in [0.29, 0.717) is 18.7 Å². The molecule has 0 aliphatic heterocycles. The predicted octanol–water partition coefficient (Wildman–Crippen LogP) is 2.48. The Labute approximate surface area is 141 Å². The molecule has 0 radical (unpaired) electrons. The topological polar surface area (TPSA) is 58.6 Å². The minimum atomic E-state index is -0.353. The standard InChI is InChI=1S/C19H22FNO3/c1-14-2-4-15(5-3-14)10-16(12-22)11-21-19(23)13-24-18-8-6-17(20)7-9-18/h2-9,16,22H,10-13H2,1H3,(H,21,23)/t16-/m0/s1. The van der Waals surface area contributed by atoms with Gasteiger partial charge in [0.25, 0.3) is 5.91 Å². The summed E-state index contributed by atoms with van der Waals surface area (Å²) >= 11 is 0. The molecule has 0 bridgehead atoms. The number of aryl methyl sites for hydroxylation is 1. The van der Waals surface area contributed by atoms with E-state index in [1.54, 1.807) is 0 Å². The molecule has 4 nitrogen and oxygen atoms in total. The fraction of sp³-hybridized carbons (Fsp3) is 0.316. The molecular weight excluding hydrogens is 309 g/mol. The number of carbonyl (C=O) groups excluding carboxylic acids is 1. The molecule has 2 aromatic rings. The highest BCUT2D eigenvalue weighted by atomic mass is 19.1. The number of benzene rings is 2. The van der Waals surface area contributed by atoms with E-state index >= 15 is 0 Å². The van der Waals surface area contributed by atoms with Crippen molar-refractivity contribution in [2.45, 2.75) is 13.3 Å². The lowest BCUT2D eigenvalue weighted by Crippen LogP contribution is -2.35. The molecule has 2 aromatic carbocycles. The highest BCUT2D eigenvalue weighted by molar-refractivity contribution is 5.77. The van der Waals surface area contributed by atoms with Gasteiger partial charge in [-0.2, -0.15) is 0 Å². The van der Waals surface area contributed by atoms with E-state index in [-0.39, 0.29) is 30.9 Å². The van der Waals surface area contributed by atoms with Crippen LogP contribution in [-0.4, -0.2) is 30.8 Å². The van der Waals surface area contributed by atoms with E-state index < -0.39 is 0 Å². The Kier molecular flexibility index (Phi) is 6.75. The van der Waals surface area contributed by atoms with Gasteiger partial charge in [0.05, 0.1) is 0 Å². The lowest BCUT2D eigenvalue weighted by Gasteiger charge is -2.15. The number of nitrogens with one attached hydrogen (secondary N) is 1. The third kappa shape index (κ3) is 6.01. The van der Waals surface area contributed by atoms with E-state index in [2.05, 4.69) is 5.32 Å². The molecule has 0 saturated carbocycles. The smallest absolute Gasteiger partial charge is 0.257 e. The van der Waals surface area contributed by atoms with Crippen molar-refractivity contribution in [3.63, 3.8) is 0 Å². The maximum atomic E-state index is 12.8. The minimum Gasteiger partial charge on any atom is -0.484 e. The third-order valence-corrected chi connectivity index (χ3v) is 3.67. The zero-order chi connectivity index (χ0) is 17.4. The lowest BCUT2D eigenvalue weighted by atomic mass is 9.99. The number of amides is 1. The zero-order valence-corrected chi connectivity index (χ0v) is 13.7. The van der Waals surface area contributed by atoms with Crippen LogP contribution in [-0.2, 0) is 11.2 Å². The van der Waals surface area contributed by atoms with Crippen molar-refractivity contribution in [1.82, 2.24) is 5.32 Å². The van der Waals surface area contributed by atoms with Crippen LogP contribution in [0.25, 0.3) is 0 Å². The zero-order valence-electron chi connectivity index (χ0n) is 13.7. The fourth-order valence-electron chi connectivity index (χ4n) is 2.25. The summed E-state index contributed by atoms with van der Waals surface area (Å²) in [6, 6.07) is 13.6. The molecule has 0 fully saturated rings. The van der Waals surface area contributed by atoms with Gasteiger partial charge in [0.2, 0.25) is 0 Å². The number of hydrogen-bond donors (Lipinski definition) is 2. The fourth-order valence-corrected chi connectivity index (χ4v) is 2.25. The van der Waals surface area contributed by atoms with Gasteiger partial charge in [-0.3, -0.25) is 4.79 Å². The monoisotopic (exact) mass is 331 g/mol. The van der Waals surface area contributed by atoms with Gasteiger partial charge < -0.3 is 15.2 Å². The van der Waals surface area contributed by atoms with Crippen LogP contribution in [0.3, 0.4) is 0 Å². The van der Waals surface area contributed by atoms with Crippen molar-refractivity contribution in [2.75, 3.05) is 19.8 Å². The highest BCUT2D eigenvalue weighted by Crippen LogP contribution is 2.11. The first-order valence-electron chi connectivity index (χ1n) is 7.88. The Morgan fingerprint density at radius 1 is 1.17 bits per heavy atom. The summed E-state index contributed by atoms with van der Waals surface area (Å²) in [6.45, 7) is 2.24. The molecule has 2 rings (SSSR count). The summed E-state index contributed by atoms with van der Waals surface area (Å²) in [7, 11) is 0.